The molecule has 7 nitrogen and oxygen atoms in total. The Bertz CT molecular complexity index is 961. The summed E-state index contributed by atoms with van der Waals surface area (Å²) in [7, 11) is 1.35. The van der Waals surface area contributed by atoms with Crippen LogP contribution in [0.2, 0.25) is 5.02 Å². The van der Waals surface area contributed by atoms with Crippen molar-refractivity contribution < 1.29 is 14.5 Å². The van der Waals surface area contributed by atoms with Crippen LogP contribution in [0, 0.1) is 16.0 Å². The van der Waals surface area contributed by atoms with Gasteiger partial charge >= 0.3 is 5.97 Å². The molecule has 1 atom stereocenters. The lowest BCUT2D eigenvalue weighted by Crippen LogP contribution is -2.20. The van der Waals surface area contributed by atoms with E-state index in [9.17, 15) is 14.9 Å². The van der Waals surface area contributed by atoms with Gasteiger partial charge in [0.25, 0.3) is 5.69 Å². The number of nitro groups is 1. The number of thiocarbonyl (C=S) groups is 1. The molecule has 10 heteroatoms. The van der Waals surface area contributed by atoms with Gasteiger partial charge in [-0.2, -0.15) is 0 Å². The van der Waals surface area contributed by atoms with Crippen molar-refractivity contribution in [1.82, 2.24) is 0 Å². The maximum atomic E-state index is 12.3. The van der Waals surface area contributed by atoms with Gasteiger partial charge in [0.1, 0.15) is 10.0 Å². The first-order chi connectivity index (χ1) is 13.3. The van der Waals surface area contributed by atoms with Crippen molar-refractivity contribution in [3.8, 4) is 0 Å². The molecule has 0 radical (unpaired) electrons. The Morgan fingerprint density at radius 3 is 2.86 bits per heavy atom. The van der Waals surface area contributed by atoms with Crippen molar-refractivity contribution in [2.45, 2.75) is 26.2 Å². The lowest BCUT2D eigenvalue weighted by atomic mass is 9.88. The highest BCUT2D eigenvalue weighted by Crippen LogP contribution is 2.40. The summed E-state index contributed by atoms with van der Waals surface area (Å²) in [5, 5.41) is 17.9. The highest BCUT2D eigenvalue weighted by atomic mass is 35.5. The Balaban J connectivity index is 1.83. The number of thiophene rings is 1. The summed E-state index contributed by atoms with van der Waals surface area (Å²) < 4.78 is 4.96. The Labute approximate surface area is 176 Å². The third kappa shape index (κ3) is 4.26. The number of nitro benzene ring substituents is 1. The van der Waals surface area contributed by atoms with Gasteiger partial charge in [0.05, 0.1) is 17.6 Å². The minimum Gasteiger partial charge on any atom is -0.465 e. The van der Waals surface area contributed by atoms with Gasteiger partial charge in [0.15, 0.2) is 5.11 Å². The standard InChI is InChI=1S/C18H18ClN3O4S2/c1-9-3-5-11-14(7-9)28-16(15(11)17(23)26-2)21-18(27)20-10-4-6-12(19)13(8-10)22(24)25/h4,6,8-9H,3,5,7H2,1-2H3,(H2,20,21,27). The second-order valence-electron chi connectivity index (χ2n) is 6.55. The molecule has 0 saturated carbocycles. The summed E-state index contributed by atoms with van der Waals surface area (Å²) in [4.78, 5) is 24.0. The molecule has 1 aliphatic rings. The van der Waals surface area contributed by atoms with Crippen molar-refractivity contribution >= 4 is 62.6 Å². The minimum atomic E-state index is -0.562. The molecule has 1 heterocycles. The van der Waals surface area contributed by atoms with Crippen LogP contribution in [-0.4, -0.2) is 23.1 Å². The summed E-state index contributed by atoms with van der Waals surface area (Å²) in [6.07, 6.45) is 2.75. The molecule has 0 aliphatic heterocycles. The van der Waals surface area contributed by atoms with E-state index in [-0.39, 0.29) is 15.8 Å². The molecule has 148 valence electrons. The molecular formula is C18H18ClN3O4S2. The number of methoxy groups -OCH3 is 1. The molecule has 0 spiro atoms. The van der Waals surface area contributed by atoms with Crippen molar-refractivity contribution in [1.29, 1.82) is 0 Å². The summed E-state index contributed by atoms with van der Waals surface area (Å²) in [6.45, 7) is 2.19. The van der Waals surface area contributed by atoms with Crippen LogP contribution in [0.5, 0.6) is 0 Å². The predicted molar refractivity (Wildman–Crippen MR) is 115 cm³/mol. The quantitative estimate of drug-likeness (QED) is 0.298. The first-order valence-electron chi connectivity index (χ1n) is 8.55. The molecule has 1 aromatic carbocycles. The number of hydrogen-bond acceptors (Lipinski definition) is 6. The molecule has 28 heavy (non-hydrogen) atoms. The molecule has 1 aromatic heterocycles. The van der Waals surface area contributed by atoms with Gasteiger partial charge in [-0.15, -0.1) is 11.3 Å². The van der Waals surface area contributed by atoms with Crippen LogP contribution in [0.3, 0.4) is 0 Å². The zero-order valence-electron chi connectivity index (χ0n) is 15.2. The number of fused-ring (bicyclic) bond motifs is 1. The number of hydrogen-bond donors (Lipinski definition) is 2. The van der Waals surface area contributed by atoms with Gasteiger partial charge in [0, 0.05) is 16.6 Å². The second-order valence-corrected chi connectivity index (χ2v) is 8.47. The number of esters is 1. The number of benzene rings is 1. The maximum Gasteiger partial charge on any atom is 0.341 e. The molecular weight excluding hydrogens is 422 g/mol. The van der Waals surface area contributed by atoms with Crippen molar-refractivity contribution in [2.75, 3.05) is 17.7 Å². The minimum absolute atomic E-state index is 0.0439. The molecule has 0 fully saturated rings. The van der Waals surface area contributed by atoms with E-state index in [0.717, 1.165) is 29.7 Å². The van der Waals surface area contributed by atoms with E-state index < -0.39 is 10.9 Å². The van der Waals surface area contributed by atoms with E-state index in [0.29, 0.717) is 22.2 Å². The largest absolute Gasteiger partial charge is 0.465 e. The van der Waals surface area contributed by atoms with Gasteiger partial charge < -0.3 is 15.4 Å². The predicted octanol–water partition coefficient (Wildman–Crippen LogP) is 5.03. The van der Waals surface area contributed by atoms with Crippen molar-refractivity contribution in [3.05, 3.63) is 49.3 Å². The summed E-state index contributed by atoms with van der Waals surface area (Å²) in [6, 6.07) is 4.32. The van der Waals surface area contributed by atoms with E-state index in [4.69, 9.17) is 28.6 Å². The maximum absolute atomic E-state index is 12.3. The molecule has 1 aliphatic carbocycles. The van der Waals surface area contributed by atoms with Crippen molar-refractivity contribution in [2.24, 2.45) is 5.92 Å². The van der Waals surface area contributed by atoms with Crippen LogP contribution in [0.25, 0.3) is 0 Å². The fourth-order valence-corrected chi connectivity index (χ4v) is 5.03. The number of ether oxygens (including phenoxy) is 1. The van der Waals surface area contributed by atoms with E-state index in [2.05, 4.69) is 17.6 Å². The van der Waals surface area contributed by atoms with E-state index >= 15 is 0 Å². The highest BCUT2D eigenvalue weighted by Gasteiger charge is 2.28. The average Bonchev–Trinajstić information content (AvgIpc) is 2.98. The van der Waals surface area contributed by atoms with Gasteiger partial charge in [-0.3, -0.25) is 10.1 Å². The lowest BCUT2D eigenvalue weighted by Gasteiger charge is -2.18. The number of halogens is 1. The molecule has 0 bridgehead atoms. The molecule has 2 aromatic rings. The SMILES string of the molecule is COC(=O)c1c(NC(=S)Nc2ccc(Cl)c([N+](=O)[O-])c2)sc2c1CCC(C)C2. The van der Waals surface area contributed by atoms with Gasteiger partial charge in [-0.05, 0) is 55.1 Å². The smallest absolute Gasteiger partial charge is 0.341 e. The fourth-order valence-electron chi connectivity index (χ4n) is 3.15. The third-order valence-corrected chi connectivity index (χ3v) is 6.22. The number of anilines is 2. The molecule has 0 saturated heterocycles. The zero-order chi connectivity index (χ0) is 20.4. The van der Waals surface area contributed by atoms with Gasteiger partial charge in [-0.1, -0.05) is 18.5 Å². The zero-order valence-corrected chi connectivity index (χ0v) is 17.6. The van der Waals surface area contributed by atoms with Crippen LogP contribution < -0.4 is 10.6 Å². The number of rotatable bonds is 4. The molecule has 2 N–H and O–H groups in total. The first kappa shape index (κ1) is 20.5. The van der Waals surface area contributed by atoms with Crippen LogP contribution in [0.1, 0.15) is 34.1 Å². The van der Waals surface area contributed by atoms with Crippen LogP contribution in [-0.2, 0) is 17.6 Å². The Hall–Kier alpha value is -2.23. The monoisotopic (exact) mass is 439 g/mol. The Kier molecular flexibility index (Phi) is 6.17. The molecule has 3 rings (SSSR count). The highest BCUT2D eigenvalue weighted by molar-refractivity contribution is 7.80. The molecule has 0 amide bonds. The summed E-state index contributed by atoms with van der Waals surface area (Å²) in [5.74, 6) is 0.156. The van der Waals surface area contributed by atoms with E-state index in [1.54, 1.807) is 6.07 Å². The van der Waals surface area contributed by atoms with Gasteiger partial charge in [0.2, 0.25) is 0 Å². The number of nitrogens with zero attached hydrogens (tertiary/aromatic N) is 1. The van der Waals surface area contributed by atoms with E-state index in [1.807, 2.05) is 0 Å². The number of carbonyl (C=O) groups is 1. The number of carbonyl (C=O) groups excluding carboxylic acids is 1. The normalized spacial score (nSPS) is 15.5. The number of nitrogens with one attached hydrogen (secondary N) is 2. The van der Waals surface area contributed by atoms with E-state index in [1.165, 1.54) is 30.6 Å². The summed E-state index contributed by atoms with van der Waals surface area (Å²) in [5.41, 5.74) is 1.73. The lowest BCUT2D eigenvalue weighted by molar-refractivity contribution is -0.384. The third-order valence-electron chi connectivity index (χ3n) is 4.53. The van der Waals surface area contributed by atoms with Crippen LogP contribution in [0.15, 0.2) is 18.2 Å². The fraction of sp³-hybridized carbons (Fsp3) is 0.333. The topological polar surface area (TPSA) is 93.5 Å². The Morgan fingerprint density at radius 1 is 1.43 bits per heavy atom. The van der Waals surface area contributed by atoms with Crippen LogP contribution in [0.4, 0.5) is 16.4 Å². The van der Waals surface area contributed by atoms with Gasteiger partial charge in [-0.25, -0.2) is 4.79 Å². The van der Waals surface area contributed by atoms with Crippen molar-refractivity contribution in [3.63, 3.8) is 0 Å². The molecule has 1 unspecified atom stereocenters. The first-order valence-corrected chi connectivity index (χ1v) is 10.1. The average molecular weight is 440 g/mol. The Morgan fingerprint density at radius 2 is 2.18 bits per heavy atom. The van der Waals surface area contributed by atoms with Crippen LogP contribution >= 0.6 is 35.2 Å². The summed E-state index contributed by atoms with van der Waals surface area (Å²) >= 11 is 12.7. The second kappa shape index (κ2) is 8.42.